The van der Waals surface area contributed by atoms with Crippen LogP contribution in [-0.2, 0) is 20.7 Å². The number of nitrogens with zero attached hydrogens (tertiary/aromatic N) is 1. The number of hydrogen-bond acceptors (Lipinski definition) is 5. The Morgan fingerprint density at radius 1 is 1.24 bits per heavy atom. The highest BCUT2D eigenvalue weighted by molar-refractivity contribution is 5.82. The quantitative estimate of drug-likeness (QED) is 0.783. The van der Waals surface area contributed by atoms with E-state index in [0.29, 0.717) is 39.2 Å². The van der Waals surface area contributed by atoms with E-state index in [-0.39, 0.29) is 17.8 Å². The van der Waals surface area contributed by atoms with Crippen molar-refractivity contribution in [2.24, 2.45) is 11.3 Å². The number of nitrogens with one attached hydrogen (secondary N) is 2. The molecule has 0 saturated carbocycles. The molecule has 3 rings (SSSR count). The maximum atomic E-state index is 12.8. The summed E-state index contributed by atoms with van der Waals surface area (Å²) in [5.41, 5.74) is 6.47. The first kappa shape index (κ1) is 17.9. The minimum atomic E-state index is -0.648. The highest BCUT2D eigenvalue weighted by Gasteiger charge is 2.45. The van der Waals surface area contributed by atoms with E-state index < -0.39 is 5.41 Å². The molecule has 0 spiro atoms. The lowest BCUT2D eigenvalue weighted by Crippen LogP contribution is -2.53. The van der Waals surface area contributed by atoms with E-state index in [9.17, 15) is 9.59 Å². The zero-order valence-corrected chi connectivity index (χ0v) is 14.8. The Bertz CT molecular complexity index is 601. The first-order valence-corrected chi connectivity index (χ1v) is 9.10. The molecule has 6 nitrogen and oxygen atoms in total. The Balaban J connectivity index is 1.80. The van der Waals surface area contributed by atoms with Crippen LogP contribution < -0.4 is 10.9 Å². The van der Waals surface area contributed by atoms with Gasteiger partial charge in [-0.2, -0.15) is 0 Å². The van der Waals surface area contributed by atoms with Gasteiger partial charge in [-0.05, 0) is 31.7 Å². The van der Waals surface area contributed by atoms with Crippen LogP contribution in [0, 0.1) is 11.3 Å². The normalized spacial score (nSPS) is 24.3. The number of amides is 1. The number of hydrogen-bond donors (Lipinski definition) is 2. The van der Waals surface area contributed by atoms with Crippen molar-refractivity contribution in [3.8, 4) is 0 Å². The third-order valence-corrected chi connectivity index (χ3v) is 5.15. The van der Waals surface area contributed by atoms with Gasteiger partial charge in [0.1, 0.15) is 0 Å². The van der Waals surface area contributed by atoms with E-state index in [1.165, 1.54) is 0 Å². The van der Waals surface area contributed by atoms with Gasteiger partial charge < -0.3 is 9.64 Å². The fraction of sp³-hybridized carbons (Fsp3) is 0.579. The van der Waals surface area contributed by atoms with Gasteiger partial charge in [-0.15, -0.1) is 0 Å². The van der Waals surface area contributed by atoms with Crippen molar-refractivity contribution in [2.45, 2.75) is 26.2 Å². The summed E-state index contributed by atoms with van der Waals surface area (Å²) in [4.78, 5) is 27.5. The minimum absolute atomic E-state index is 0.0604. The maximum absolute atomic E-state index is 12.8. The molecular weight excluding hydrogens is 318 g/mol. The molecule has 1 aromatic rings. The summed E-state index contributed by atoms with van der Waals surface area (Å²) in [6.07, 6.45) is 2.19. The maximum Gasteiger partial charge on any atom is 0.314 e. The van der Waals surface area contributed by atoms with Crippen LogP contribution in [-0.4, -0.2) is 49.6 Å². The molecule has 2 aliphatic heterocycles. The largest absolute Gasteiger partial charge is 0.466 e. The van der Waals surface area contributed by atoms with Gasteiger partial charge in [0.15, 0.2) is 0 Å². The van der Waals surface area contributed by atoms with Crippen molar-refractivity contribution in [2.75, 3.05) is 32.8 Å². The number of carbonyl (C=O) groups is 2. The van der Waals surface area contributed by atoms with E-state index >= 15 is 0 Å². The van der Waals surface area contributed by atoms with Crippen LogP contribution in [0.15, 0.2) is 30.3 Å². The summed E-state index contributed by atoms with van der Waals surface area (Å²) in [5.74, 6) is -0.118. The van der Waals surface area contributed by atoms with Gasteiger partial charge in [0, 0.05) is 26.2 Å². The summed E-state index contributed by atoms with van der Waals surface area (Å²) in [5, 5.41) is 0. The predicted octanol–water partition coefficient (Wildman–Crippen LogP) is 1.13. The van der Waals surface area contributed by atoms with Crippen molar-refractivity contribution >= 4 is 11.9 Å². The van der Waals surface area contributed by atoms with E-state index in [1.54, 1.807) is 0 Å². The molecule has 1 atom stereocenters. The lowest BCUT2D eigenvalue weighted by molar-refractivity contribution is -0.161. The summed E-state index contributed by atoms with van der Waals surface area (Å²) in [6.45, 7) is 4.62. The molecule has 0 bridgehead atoms. The van der Waals surface area contributed by atoms with Gasteiger partial charge >= 0.3 is 5.97 Å². The molecule has 2 aliphatic rings. The summed E-state index contributed by atoms with van der Waals surface area (Å²) in [7, 11) is 0. The molecule has 0 aromatic heterocycles. The average Bonchev–Trinajstić information content (AvgIpc) is 3.17. The Hall–Kier alpha value is -1.92. The standard InChI is InChI=1S/C19H27N3O3/c1-2-25-18(24)19(11-15-7-4-3-5-8-15)9-6-10-22(14-19)17(23)16-12-20-21-13-16/h3-5,7-8,16,20-21H,2,6,9-14H2,1H3. The van der Waals surface area contributed by atoms with Crippen LogP contribution in [0.4, 0.5) is 0 Å². The second kappa shape index (κ2) is 7.97. The van der Waals surface area contributed by atoms with Gasteiger partial charge in [0.2, 0.25) is 5.91 Å². The number of hydrazine groups is 1. The average molecular weight is 345 g/mol. The highest BCUT2D eigenvalue weighted by atomic mass is 16.5. The number of carbonyl (C=O) groups excluding carboxylic acids is 2. The molecule has 6 heteroatoms. The Labute approximate surface area is 148 Å². The molecule has 25 heavy (non-hydrogen) atoms. The van der Waals surface area contributed by atoms with Crippen LogP contribution >= 0.6 is 0 Å². The van der Waals surface area contributed by atoms with Crippen molar-refractivity contribution in [1.29, 1.82) is 0 Å². The SMILES string of the molecule is CCOC(=O)C1(Cc2ccccc2)CCCN(C(=O)C2CNNC2)C1. The number of ether oxygens (including phenoxy) is 1. The van der Waals surface area contributed by atoms with E-state index in [2.05, 4.69) is 10.9 Å². The monoisotopic (exact) mass is 345 g/mol. The summed E-state index contributed by atoms with van der Waals surface area (Å²) >= 11 is 0. The van der Waals surface area contributed by atoms with Gasteiger partial charge in [0.25, 0.3) is 0 Å². The van der Waals surface area contributed by atoms with Gasteiger partial charge in [-0.3, -0.25) is 20.4 Å². The van der Waals surface area contributed by atoms with Gasteiger partial charge in [0.05, 0.1) is 17.9 Å². The first-order valence-electron chi connectivity index (χ1n) is 9.10. The Morgan fingerprint density at radius 3 is 2.64 bits per heavy atom. The van der Waals surface area contributed by atoms with Crippen LogP contribution in [0.1, 0.15) is 25.3 Å². The van der Waals surface area contributed by atoms with Crippen molar-refractivity contribution in [1.82, 2.24) is 15.8 Å². The predicted molar refractivity (Wildman–Crippen MR) is 94.5 cm³/mol. The molecule has 1 amide bonds. The molecular formula is C19H27N3O3. The Morgan fingerprint density at radius 2 is 1.96 bits per heavy atom. The topological polar surface area (TPSA) is 70.7 Å². The van der Waals surface area contributed by atoms with Crippen LogP contribution in [0.2, 0.25) is 0 Å². The molecule has 1 aromatic carbocycles. The highest BCUT2D eigenvalue weighted by Crippen LogP contribution is 2.36. The smallest absolute Gasteiger partial charge is 0.314 e. The Kier molecular flexibility index (Phi) is 5.71. The zero-order valence-electron chi connectivity index (χ0n) is 14.8. The van der Waals surface area contributed by atoms with E-state index in [0.717, 1.165) is 18.4 Å². The van der Waals surface area contributed by atoms with Crippen molar-refractivity contribution in [3.63, 3.8) is 0 Å². The number of esters is 1. The molecule has 1 unspecified atom stereocenters. The molecule has 136 valence electrons. The zero-order chi connectivity index (χ0) is 17.7. The summed E-state index contributed by atoms with van der Waals surface area (Å²) in [6, 6.07) is 10.0. The van der Waals surface area contributed by atoms with Gasteiger partial charge in [-0.1, -0.05) is 30.3 Å². The van der Waals surface area contributed by atoms with E-state index in [1.807, 2.05) is 42.2 Å². The molecule has 0 radical (unpaired) electrons. The first-order chi connectivity index (χ1) is 12.1. The minimum Gasteiger partial charge on any atom is -0.466 e. The molecule has 2 heterocycles. The van der Waals surface area contributed by atoms with Crippen LogP contribution in [0.5, 0.6) is 0 Å². The second-order valence-electron chi connectivity index (χ2n) is 6.99. The van der Waals surface area contributed by atoms with E-state index in [4.69, 9.17) is 4.74 Å². The number of rotatable bonds is 5. The molecule has 2 saturated heterocycles. The van der Waals surface area contributed by atoms with Crippen LogP contribution in [0.3, 0.4) is 0 Å². The number of piperidine rings is 1. The fourth-order valence-corrected chi connectivity index (χ4v) is 3.87. The molecule has 2 fully saturated rings. The van der Waals surface area contributed by atoms with Crippen LogP contribution in [0.25, 0.3) is 0 Å². The van der Waals surface area contributed by atoms with Crippen molar-refractivity contribution < 1.29 is 14.3 Å². The lowest BCUT2D eigenvalue weighted by Gasteiger charge is -2.41. The van der Waals surface area contributed by atoms with Crippen molar-refractivity contribution in [3.05, 3.63) is 35.9 Å². The number of likely N-dealkylation sites (tertiary alicyclic amines) is 1. The lowest BCUT2D eigenvalue weighted by atomic mass is 9.74. The van der Waals surface area contributed by atoms with Gasteiger partial charge in [-0.25, -0.2) is 0 Å². The second-order valence-corrected chi connectivity index (χ2v) is 6.99. The third kappa shape index (κ3) is 4.02. The molecule has 0 aliphatic carbocycles. The molecule has 2 N–H and O–H groups in total. The fourth-order valence-electron chi connectivity index (χ4n) is 3.87. The summed E-state index contributed by atoms with van der Waals surface area (Å²) < 4.78 is 5.41. The third-order valence-electron chi connectivity index (χ3n) is 5.15. The number of benzene rings is 1.